The van der Waals surface area contributed by atoms with Crippen molar-refractivity contribution in [1.29, 1.82) is 0 Å². The van der Waals surface area contributed by atoms with E-state index in [1.807, 2.05) is 13.1 Å². The lowest BCUT2D eigenvalue weighted by atomic mass is 10.4. The van der Waals surface area contributed by atoms with Gasteiger partial charge in [-0.15, -0.1) is 5.10 Å². The molecule has 114 valence electrons. The Kier molecular flexibility index (Phi) is 5.85. The summed E-state index contributed by atoms with van der Waals surface area (Å²) in [4.78, 5) is 8.60. The largest absolute Gasteiger partial charge is 0.374 e. The molecule has 0 saturated heterocycles. The second-order valence-electron chi connectivity index (χ2n) is 4.28. The molecule has 0 amide bonds. The monoisotopic (exact) mass is 292 g/mol. The van der Waals surface area contributed by atoms with Crippen molar-refractivity contribution >= 4 is 11.6 Å². The summed E-state index contributed by atoms with van der Waals surface area (Å²) in [5, 5.41) is 10.9. The minimum Gasteiger partial charge on any atom is -0.374 e. The summed E-state index contributed by atoms with van der Waals surface area (Å²) in [7, 11) is 0. The summed E-state index contributed by atoms with van der Waals surface area (Å²) < 4.78 is 7.10. The fourth-order valence-electron chi connectivity index (χ4n) is 1.73. The summed E-state index contributed by atoms with van der Waals surface area (Å²) in [6.07, 6.45) is 4.40. The SMILES string of the molecule is CCOCc1nc(NN)cc(NCCCn2ccnn2)n1. The fraction of sp³-hybridized carbons (Fsp3) is 0.500. The van der Waals surface area contributed by atoms with Crippen LogP contribution in [0.15, 0.2) is 18.5 Å². The highest BCUT2D eigenvalue weighted by molar-refractivity contribution is 5.46. The summed E-state index contributed by atoms with van der Waals surface area (Å²) in [5.74, 6) is 7.27. The number of hydrogen-bond donors (Lipinski definition) is 3. The number of nitrogens with zero attached hydrogens (tertiary/aromatic N) is 5. The second kappa shape index (κ2) is 8.12. The van der Waals surface area contributed by atoms with Gasteiger partial charge in [0.15, 0.2) is 5.82 Å². The number of aryl methyl sites for hydroxylation is 1. The van der Waals surface area contributed by atoms with Gasteiger partial charge in [-0.1, -0.05) is 5.21 Å². The smallest absolute Gasteiger partial charge is 0.158 e. The minimum atomic E-state index is 0.361. The molecular formula is C12H20N8O. The Balaban J connectivity index is 1.85. The van der Waals surface area contributed by atoms with E-state index in [0.29, 0.717) is 30.7 Å². The molecule has 4 N–H and O–H groups in total. The first-order valence-corrected chi connectivity index (χ1v) is 6.82. The van der Waals surface area contributed by atoms with Crippen molar-refractivity contribution in [2.24, 2.45) is 5.84 Å². The summed E-state index contributed by atoms with van der Waals surface area (Å²) in [6.45, 7) is 4.46. The van der Waals surface area contributed by atoms with Crippen molar-refractivity contribution in [3.05, 3.63) is 24.3 Å². The number of anilines is 2. The second-order valence-corrected chi connectivity index (χ2v) is 4.28. The van der Waals surface area contributed by atoms with Crippen LogP contribution in [0.2, 0.25) is 0 Å². The highest BCUT2D eigenvalue weighted by atomic mass is 16.5. The van der Waals surface area contributed by atoms with E-state index in [9.17, 15) is 0 Å². The third-order valence-electron chi connectivity index (χ3n) is 2.70. The number of nitrogens with two attached hydrogens (primary N) is 1. The van der Waals surface area contributed by atoms with Gasteiger partial charge >= 0.3 is 0 Å². The molecule has 0 aromatic carbocycles. The molecule has 0 aliphatic rings. The third kappa shape index (κ3) is 4.97. The van der Waals surface area contributed by atoms with Gasteiger partial charge in [-0.2, -0.15) is 0 Å². The van der Waals surface area contributed by atoms with Crippen molar-refractivity contribution in [3.8, 4) is 0 Å². The minimum absolute atomic E-state index is 0.361. The summed E-state index contributed by atoms with van der Waals surface area (Å²) in [5.41, 5.74) is 2.53. The molecule has 0 fully saturated rings. The van der Waals surface area contributed by atoms with Gasteiger partial charge in [0, 0.05) is 32.0 Å². The van der Waals surface area contributed by atoms with Gasteiger partial charge in [0.1, 0.15) is 18.2 Å². The first-order valence-electron chi connectivity index (χ1n) is 6.82. The Bertz CT molecular complexity index is 530. The number of aromatic nitrogens is 5. The first-order chi connectivity index (χ1) is 10.3. The zero-order valence-electron chi connectivity index (χ0n) is 12.0. The maximum Gasteiger partial charge on any atom is 0.158 e. The molecule has 0 bridgehead atoms. The number of nitrogen functional groups attached to an aromatic ring is 1. The Morgan fingerprint density at radius 1 is 1.33 bits per heavy atom. The lowest BCUT2D eigenvalue weighted by Gasteiger charge is -2.09. The van der Waals surface area contributed by atoms with Gasteiger partial charge in [0.05, 0.1) is 6.20 Å². The average Bonchev–Trinajstić information content (AvgIpc) is 3.02. The van der Waals surface area contributed by atoms with Crippen LogP contribution in [0.4, 0.5) is 11.6 Å². The normalized spacial score (nSPS) is 10.6. The van der Waals surface area contributed by atoms with Gasteiger partial charge in [-0.3, -0.25) is 4.68 Å². The molecule has 9 heteroatoms. The Hall–Kier alpha value is -2.26. The van der Waals surface area contributed by atoms with Crippen LogP contribution in [0.3, 0.4) is 0 Å². The summed E-state index contributed by atoms with van der Waals surface area (Å²) in [6, 6.07) is 1.75. The Morgan fingerprint density at radius 2 is 2.19 bits per heavy atom. The van der Waals surface area contributed by atoms with E-state index >= 15 is 0 Å². The molecule has 2 heterocycles. The van der Waals surface area contributed by atoms with Crippen molar-refractivity contribution in [2.75, 3.05) is 23.9 Å². The van der Waals surface area contributed by atoms with Crippen LogP contribution in [0.5, 0.6) is 0 Å². The predicted molar refractivity (Wildman–Crippen MR) is 78.3 cm³/mol. The predicted octanol–water partition coefficient (Wildman–Crippen LogP) is 0.392. The molecule has 0 atom stereocenters. The van der Waals surface area contributed by atoms with Crippen LogP contribution in [0, 0.1) is 0 Å². The van der Waals surface area contributed by atoms with E-state index in [2.05, 4.69) is 31.0 Å². The molecule has 0 aliphatic heterocycles. The standard InChI is InChI=1S/C12H20N8O/c1-2-21-9-12-16-10(8-11(17-12)18-13)14-4-3-6-20-7-5-15-19-20/h5,7-8H,2-4,6,9,13H2,1H3,(H2,14,16,17,18). The van der Waals surface area contributed by atoms with E-state index < -0.39 is 0 Å². The topological polar surface area (TPSA) is 116 Å². The average molecular weight is 292 g/mol. The van der Waals surface area contributed by atoms with E-state index in [-0.39, 0.29) is 0 Å². The Morgan fingerprint density at radius 3 is 2.90 bits per heavy atom. The van der Waals surface area contributed by atoms with Crippen LogP contribution in [0.1, 0.15) is 19.2 Å². The molecule has 2 aromatic rings. The van der Waals surface area contributed by atoms with Gasteiger partial charge in [-0.25, -0.2) is 15.8 Å². The number of rotatable bonds is 9. The first kappa shape index (κ1) is 15.1. The van der Waals surface area contributed by atoms with E-state index in [0.717, 1.165) is 19.5 Å². The number of ether oxygens (including phenoxy) is 1. The molecule has 0 spiro atoms. The van der Waals surface area contributed by atoms with E-state index in [1.54, 1.807) is 16.9 Å². The van der Waals surface area contributed by atoms with Crippen LogP contribution >= 0.6 is 0 Å². The lowest BCUT2D eigenvalue weighted by Crippen LogP contribution is -2.14. The zero-order valence-corrected chi connectivity index (χ0v) is 12.0. The van der Waals surface area contributed by atoms with Crippen molar-refractivity contribution in [3.63, 3.8) is 0 Å². The van der Waals surface area contributed by atoms with Crippen LogP contribution in [-0.4, -0.2) is 38.1 Å². The van der Waals surface area contributed by atoms with Gasteiger partial charge in [0.25, 0.3) is 0 Å². The number of hydrazine groups is 1. The molecule has 21 heavy (non-hydrogen) atoms. The molecule has 0 radical (unpaired) electrons. The number of hydrogen-bond acceptors (Lipinski definition) is 8. The highest BCUT2D eigenvalue weighted by Gasteiger charge is 2.04. The molecule has 9 nitrogen and oxygen atoms in total. The quantitative estimate of drug-likeness (QED) is 0.345. The van der Waals surface area contributed by atoms with Crippen molar-refractivity contribution in [2.45, 2.75) is 26.5 Å². The van der Waals surface area contributed by atoms with Crippen LogP contribution < -0.4 is 16.6 Å². The zero-order chi connectivity index (χ0) is 14.9. The van der Waals surface area contributed by atoms with Gasteiger partial charge in [-0.05, 0) is 13.3 Å². The van der Waals surface area contributed by atoms with Gasteiger partial charge < -0.3 is 15.5 Å². The van der Waals surface area contributed by atoms with Crippen molar-refractivity contribution < 1.29 is 4.74 Å². The van der Waals surface area contributed by atoms with Crippen LogP contribution in [0.25, 0.3) is 0 Å². The molecule has 2 rings (SSSR count). The van der Waals surface area contributed by atoms with Crippen LogP contribution in [-0.2, 0) is 17.9 Å². The maximum absolute atomic E-state index is 5.41. The molecule has 2 aromatic heterocycles. The molecular weight excluding hydrogens is 272 g/mol. The Labute approximate surface area is 122 Å². The summed E-state index contributed by atoms with van der Waals surface area (Å²) >= 11 is 0. The fourth-order valence-corrected chi connectivity index (χ4v) is 1.73. The number of nitrogens with one attached hydrogen (secondary N) is 2. The lowest BCUT2D eigenvalue weighted by molar-refractivity contribution is 0.128. The van der Waals surface area contributed by atoms with Crippen molar-refractivity contribution in [1.82, 2.24) is 25.0 Å². The molecule has 0 unspecified atom stereocenters. The highest BCUT2D eigenvalue weighted by Crippen LogP contribution is 2.11. The molecule has 0 saturated carbocycles. The van der Waals surface area contributed by atoms with E-state index in [4.69, 9.17) is 10.6 Å². The maximum atomic E-state index is 5.41. The van der Waals surface area contributed by atoms with Gasteiger partial charge in [0.2, 0.25) is 0 Å². The molecule has 0 aliphatic carbocycles. The van der Waals surface area contributed by atoms with E-state index in [1.165, 1.54) is 0 Å². The third-order valence-corrected chi connectivity index (χ3v) is 2.70.